The SMILES string of the molecule is CN=C(NCCNC(C)(C)C)NCC(c1cccs1)N1CCOCC1. The van der Waals surface area contributed by atoms with E-state index < -0.39 is 0 Å². The summed E-state index contributed by atoms with van der Waals surface area (Å²) in [6.07, 6.45) is 0. The molecular weight excluding hydrogens is 334 g/mol. The van der Waals surface area contributed by atoms with Gasteiger partial charge in [0.2, 0.25) is 0 Å². The quantitative estimate of drug-likeness (QED) is 0.389. The maximum atomic E-state index is 5.51. The van der Waals surface area contributed by atoms with Gasteiger partial charge in [0.1, 0.15) is 0 Å². The summed E-state index contributed by atoms with van der Waals surface area (Å²) in [6, 6.07) is 4.70. The lowest BCUT2D eigenvalue weighted by Gasteiger charge is -2.34. The molecule has 3 N–H and O–H groups in total. The Kier molecular flexibility index (Phi) is 8.15. The first-order chi connectivity index (χ1) is 12.0. The first kappa shape index (κ1) is 20.2. The smallest absolute Gasteiger partial charge is 0.191 e. The Labute approximate surface area is 156 Å². The lowest BCUT2D eigenvalue weighted by Crippen LogP contribution is -2.48. The van der Waals surface area contributed by atoms with Crippen LogP contribution in [0.1, 0.15) is 31.7 Å². The number of ether oxygens (including phenoxy) is 1. The van der Waals surface area contributed by atoms with Gasteiger partial charge in [-0.25, -0.2) is 0 Å². The fourth-order valence-corrected chi connectivity index (χ4v) is 3.67. The van der Waals surface area contributed by atoms with Crippen molar-refractivity contribution in [3.8, 4) is 0 Å². The van der Waals surface area contributed by atoms with Crippen LogP contribution in [0.5, 0.6) is 0 Å². The molecule has 0 saturated carbocycles. The molecule has 1 aliphatic rings. The molecule has 7 heteroatoms. The molecule has 0 bridgehead atoms. The highest BCUT2D eigenvalue weighted by molar-refractivity contribution is 7.10. The van der Waals surface area contributed by atoms with Gasteiger partial charge in [0.15, 0.2) is 5.96 Å². The van der Waals surface area contributed by atoms with Gasteiger partial charge in [0, 0.05) is 50.2 Å². The van der Waals surface area contributed by atoms with E-state index in [9.17, 15) is 0 Å². The van der Waals surface area contributed by atoms with Crippen LogP contribution in [0.4, 0.5) is 0 Å². The van der Waals surface area contributed by atoms with Crippen LogP contribution in [-0.2, 0) is 4.74 Å². The van der Waals surface area contributed by atoms with E-state index in [1.54, 1.807) is 0 Å². The molecule has 0 aliphatic carbocycles. The number of hydrogen-bond acceptors (Lipinski definition) is 5. The Morgan fingerprint density at radius 3 is 2.64 bits per heavy atom. The second-order valence-corrected chi connectivity index (χ2v) is 8.22. The van der Waals surface area contributed by atoms with Gasteiger partial charge < -0.3 is 20.7 Å². The molecule has 0 aromatic carbocycles. The molecule has 1 fully saturated rings. The van der Waals surface area contributed by atoms with E-state index in [4.69, 9.17) is 4.74 Å². The molecule has 0 radical (unpaired) electrons. The zero-order chi connectivity index (χ0) is 18.1. The summed E-state index contributed by atoms with van der Waals surface area (Å²) in [6.45, 7) is 12.7. The Bertz CT molecular complexity index is 506. The number of morpholine rings is 1. The first-order valence-electron chi connectivity index (χ1n) is 9.04. The first-order valence-corrected chi connectivity index (χ1v) is 9.92. The second-order valence-electron chi connectivity index (χ2n) is 7.24. The van der Waals surface area contributed by atoms with Crippen molar-refractivity contribution in [3.63, 3.8) is 0 Å². The molecule has 2 heterocycles. The zero-order valence-corrected chi connectivity index (χ0v) is 16.8. The maximum absolute atomic E-state index is 5.51. The Balaban J connectivity index is 1.83. The minimum atomic E-state index is 0.138. The van der Waals surface area contributed by atoms with Crippen molar-refractivity contribution in [1.82, 2.24) is 20.9 Å². The lowest BCUT2D eigenvalue weighted by atomic mass is 10.1. The average Bonchev–Trinajstić information content (AvgIpc) is 3.11. The van der Waals surface area contributed by atoms with E-state index in [2.05, 4.69) is 64.1 Å². The van der Waals surface area contributed by atoms with Crippen molar-refractivity contribution in [2.45, 2.75) is 32.4 Å². The largest absolute Gasteiger partial charge is 0.379 e. The summed E-state index contributed by atoms with van der Waals surface area (Å²) in [4.78, 5) is 8.23. The van der Waals surface area contributed by atoms with Crippen LogP contribution in [0.15, 0.2) is 22.5 Å². The monoisotopic (exact) mass is 367 g/mol. The van der Waals surface area contributed by atoms with E-state index in [1.165, 1.54) is 4.88 Å². The van der Waals surface area contributed by atoms with Crippen LogP contribution in [0, 0.1) is 0 Å². The van der Waals surface area contributed by atoms with Crippen LogP contribution >= 0.6 is 11.3 Å². The van der Waals surface area contributed by atoms with Crippen LogP contribution in [0.25, 0.3) is 0 Å². The molecule has 1 atom stereocenters. The summed E-state index contributed by atoms with van der Waals surface area (Å²) >= 11 is 1.82. The molecule has 6 nitrogen and oxygen atoms in total. The van der Waals surface area contributed by atoms with Gasteiger partial charge in [0.25, 0.3) is 0 Å². The van der Waals surface area contributed by atoms with Gasteiger partial charge >= 0.3 is 0 Å². The van der Waals surface area contributed by atoms with E-state index in [0.717, 1.165) is 51.9 Å². The van der Waals surface area contributed by atoms with E-state index in [1.807, 2.05) is 18.4 Å². The maximum Gasteiger partial charge on any atom is 0.191 e. The van der Waals surface area contributed by atoms with Crippen LogP contribution < -0.4 is 16.0 Å². The van der Waals surface area contributed by atoms with Crippen LogP contribution in [0.3, 0.4) is 0 Å². The number of thiophene rings is 1. The second kappa shape index (κ2) is 10.1. The number of guanidine groups is 1. The third-order valence-corrected chi connectivity index (χ3v) is 5.09. The number of aliphatic imine (C=N–C) groups is 1. The summed E-state index contributed by atoms with van der Waals surface area (Å²) in [5.74, 6) is 0.852. The molecule has 25 heavy (non-hydrogen) atoms. The fourth-order valence-electron chi connectivity index (χ4n) is 2.81. The minimum Gasteiger partial charge on any atom is -0.379 e. The normalized spacial score (nSPS) is 18.2. The predicted octanol–water partition coefficient (Wildman–Crippen LogP) is 1.67. The highest BCUT2D eigenvalue weighted by Crippen LogP contribution is 2.25. The number of hydrogen-bond donors (Lipinski definition) is 3. The molecule has 2 rings (SSSR count). The molecule has 142 valence electrons. The van der Waals surface area contributed by atoms with Crippen LogP contribution in [-0.4, -0.2) is 69.4 Å². The topological polar surface area (TPSA) is 60.9 Å². The van der Waals surface area contributed by atoms with E-state index in [-0.39, 0.29) is 5.54 Å². The molecule has 0 amide bonds. The van der Waals surface area contributed by atoms with Crippen molar-refractivity contribution in [3.05, 3.63) is 22.4 Å². The third-order valence-electron chi connectivity index (χ3n) is 4.12. The van der Waals surface area contributed by atoms with Gasteiger partial charge in [-0.3, -0.25) is 9.89 Å². The van der Waals surface area contributed by atoms with Gasteiger partial charge in [-0.2, -0.15) is 0 Å². The minimum absolute atomic E-state index is 0.138. The highest BCUT2D eigenvalue weighted by Gasteiger charge is 2.23. The Morgan fingerprint density at radius 2 is 2.04 bits per heavy atom. The van der Waals surface area contributed by atoms with Crippen LogP contribution in [0.2, 0.25) is 0 Å². The molecule has 1 aromatic heterocycles. The molecule has 1 unspecified atom stereocenters. The average molecular weight is 368 g/mol. The number of nitrogens with zero attached hydrogens (tertiary/aromatic N) is 2. The molecule has 1 aliphatic heterocycles. The zero-order valence-electron chi connectivity index (χ0n) is 16.0. The van der Waals surface area contributed by atoms with Crippen molar-refractivity contribution in [2.75, 3.05) is 53.0 Å². The van der Waals surface area contributed by atoms with E-state index >= 15 is 0 Å². The van der Waals surface area contributed by atoms with Gasteiger partial charge in [-0.15, -0.1) is 11.3 Å². The van der Waals surface area contributed by atoms with Crippen molar-refractivity contribution in [2.24, 2.45) is 4.99 Å². The summed E-state index contributed by atoms with van der Waals surface area (Å²) in [5, 5.41) is 12.5. The number of nitrogens with one attached hydrogen (secondary N) is 3. The Morgan fingerprint density at radius 1 is 1.28 bits per heavy atom. The molecule has 0 spiro atoms. The van der Waals surface area contributed by atoms with Crippen molar-refractivity contribution in [1.29, 1.82) is 0 Å². The highest BCUT2D eigenvalue weighted by atomic mass is 32.1. The lowest BCUT2D eigenvalue weighted by molar-refractivity contribution is 0.0177. The van der Waals surface area contributed by atoms with E-state index in [0.29, 0.717) is 6.04 Å². The number of rotatable bonds is 7. The molecular formula is C18H33N5OS. The molecule has 1 saturated heterocycles. The third kappa shape index (κ3) is 7.32. The summed E-state index contributed by atoms with van der Waals surface area (Å²) in [5.41, 5.74) is 0.138. The van der Waals surface area contributed by atoms with Crippen molar-refractivity contribution >= 4 is 17.3 Å². The predicted molar refractivity (Wildman–Crippen MR) is 107 cm³/mol. The standard InChI is InChI=1S/C18H33N5OS/c1-18(2,3)22-8-7-20-17(19-4)21-14-15(16-6-5-13-25-16)23-9-11-24-12-10-23/h5-6,13,15,22H,7-12,14H2,1-4H3,(H2,19,20,21). The Hall–Kier alpha value is -1.15. The van der Waals surface area contributed by atoms with Gasteiger partial charge in [-0.1, -0.05) is 6.07 Å². The van der Waals surface area contributed by atoms with Crippen molar-refractivity contribution < 1.29 is 4.74 Å². The fraction of sp³-hybridized carbons (Fsp3) is 0.722. The summed E-state index contributed by atoms with van der Waals surface area (Å²) < 4.78 is 5.51. The summed E-state index contributed by atoms with van der Waals surface area (Å²) in [7, 11) is 1.82. The van der Waals surface area contributed by atoms with Gasteiger partial charge in [0.05, 0.1) is 19.3 Å². The van der Waals surface area contributed by atoms with Gasteiger partial charge in [-0.05, 0) is 32.2 Å². The molecule has 1 aromatic rings.